The lowest BCUT2D eigenvalue weighted by molar-refractivity contribution is -0.385. The summed E-state index contributed by atoms with van der Waals surface area (Å²) in [5.74, 6) is 0. The van der Waals surface area contributed by atoms with Crippen molar-refractivity contribution in [2.24, 2.45) is 0 Å². The quantitative estimate of drug-likeness (QED) is 0.446. The van der Waals surface area contributed by atoms with E-state index in [-0.39, 0.29) is 21.4 Å². The third-order valence-corrected chi connectivity index (χ3v) is 3.29. The summed E-state index contributed by atoms with van der Waals surface area (Å²) in [4.78, 5) is 20.8. The lowest BCUT2D eigenvalue weighted by Crippen LogP contribution is -1.92. The van der Waals surface area contributed by atoms with Gasteiger partial charge >= 0.3 is 0 Å². The molecule has 0 saturated carbocycles. The standard InChI is InChI=1S/C14H8Cl2N2O4/c15-11-5-3-9(13(7-11)17(19)20)1-2-10-4-6-12(16)8-14(10)18(21)22/h1-8H. The van der Waals surface area contributed by atoms with E-state index < -0.39 is 9.85 Å². The Bertz CT molecular complexity index is 725. The van der Waals surface area contributed by atoms with Crippen molar-refractivity contribution in [3.05, 3.63) is 77.8 Å². The lowest BCUT2D eigenvalue weighted by Gasteiger charge is -2.00. The van der Waals surface area contributed by atoms with Crippen molar-refractivity contribution in [1.82, 2.24) is 0 Å². The van der Waals surface area contributed by atoms with Gasteiger partial charge in [0.2, 0.25) is 0 Å². The van der Waals surface area contributed by atoms with Gasteiger partial charge in [-0.1, -0.05) is 23.2 Å². The molecule has 0 atom stereocenters. The second-order valence-corrected chi connectivity index (χ2v) is 5.13. The van der Waals surface area contributed by atoms with Crippen molar-refractivity contribution < 1.29 is 9.85 Å². The lowest BCUT2D eigenvalue weighted by atomic mass is 10.1. The number of halogens is 2. The average Bonchev–Trinajstić information content (AvgIpc) is 2.46. The molecule has 2 rings (SSSR count). The highest BCUT2D eigenvalue weighted by molar-refractivity contribution is 6.31. The Morgan fingerprint density at radius 3 is 1.45 bits per heavy atom. The highest BCUT2D eigenvalue weighted by atomic mass is 35.5. The molecule has 0 N–H and O–H groups in total. The largest absolute Gasteiger partial charge is 0.278 e. The van der Waals surface area contributed by atoms with Crippen molar-refractivity contribution in [2.75, 3.05) is 0 Å². The highest BCUT2D eigenvalue weighted by Gasteiger charge is 2.14. The van der Waals surface area contributed by atoms with Gasteiger partial charge in [0.05, 0.1) is 21.0 Å². The molecule has 0 bridgehead atoms. The summed E-state index contributed by atoms with van der Waals surface area (Å²) >= 11 is 11.5. The van der Waals surface area contributed by atoms with Crippen LogP contribution in [0.2, 0.25) is 10.0 Å². The van der Waals surface area contributed by atoms with Gasteiger partial charge in [0.15, 0.2) is 0 Å². The molecule has 0 aromatic heterocycles. The first kappa shape index (κ1) is 15.9. The SMILES string of the molecule is O=[N+]([O-])c1cc(Cl)ccc1C=Cc1ccc(Cl)cc1[N+](=O)[O-]. The summed E-state index contributed by atoms with van der Waals surface area (Å²) in [6, 6.07) is 8.39. The van der Waals surface area contributed by atoms with Crippen molar-refractivity contribution >= 4 is 46.7 Å². The van der Waals surface area contributed by atoms with Crippen molar-refractivity contribution in [2.45, 2.75) is 0 Å². The van der Waals surface area contributed by atoms with Crippen LogP contribution in [0.1, 0.15) is 11.1 Å². The number of nitrogens with zero attached hydrogens (tertiary/aromatic N) is 2. The van der Waals surface area contributed by atoms with Crippen LogP contribution in [0.15, 0.2) is 36.4 Å². The van der Waals surface area contributed by atoms with Gasteiger partial charge in [-0.3, -0.25) is 20.2 Å². The Hall–Kier alpha value is -2.44. The minimum Gasteiger partial charge on any atom is -0.258 e. The monoisotopic (exact) mass is 338 g/mol. The molecule has 0 amide bonds. The van der Waals surface area contributed by atoms with Crippen LogP contribution < -0.4 is 0 Å². The Balaban J connectivity index is 2.46. The summed E-state index contributed by atoms with van der Waals surface area (Å²) in [7, 11) is 0. The van der Waals surface area contributed by atoms with Crippen LogP contribution in [0, 0.1) is 20.2 Å². The van der Waals surface area contributed by atoms with Crippen LogP contribution >= 0.6 is 23.2 Å². The minimum atomic E-state index is -0.568. The zero-order valence-electron chi connectivity index (χ0n) is 10.9. The summed E-state index contributed by atoms with van der Waals surface area (Å²) in [5, 5.41) is 22.5. The average molecular weight is 339 g/mol. The molecule has 112 valence electrons. The number of hydrogen-bond donors (Lipinski definition) is 0. The maximum Gasteiger partial charge on any atom is 0.278 e. The number of nitro benzene ring substituents is 2. The summed E-state index contributed by atoms with van der Waals surface area (Å²) in [6.07, 6.45) is 2.84. The number of nitro groups is 2. The molecule has 0 heterocycles. The van der Waals surface area contributed by atoms with Gasteiger partial charge in [-0.15, -0.1) is 0 Å². The molecule has 2 aromatic rings. The molecular formula is C14H8Cl2N2O4. The van der Waals surface area contributed by atoms with E-state index in [1.807, 2.05) is 0 Å². The van der Waals surface area contributed by atoms with Gasteiger partial charge in [-0.2, -0.15) is 0 Å². The van der Waals surface area contributed by atoms with Gasteiger partial charge in [-0.05, 0) is 36.4 Å². The number of rotatable bonds is 4. The third kappa shape index (κ3) is 3.60. The van der Waals surface area contributed by atoms with E-state index in [1.165, 1.54) is 48.6 Å². The maximum absolute atomic E-state index is 11.0. The van der Waals surface area contributed by atoms with E-state index in [0.717, 1.165) is 0 Å². The molecule has 8 heteroatoms. The number of benzene rings is 2. The van der Waals surface area contributed by atoms with Crippen LogP contribution in [0.25, 0.3) is 12.2 Å². The predicted octanol–water partition coefficient (Wildman–Crippen LogP) is 4.98. The first-order valence-electron chi connectivity index (χ1n) is 5.94. The van der Waals surface area contributed by atoms with Crippen LogP contribution in [-0.2, 0) is 0 Å². The molecule has 0 aliphatic carbocycles. The van der Waals surface area contributed by atoms with Crippen molar-refractivity contribution in [1.29, 1.82) is 0 Å². The Morgan fingerprint density at radius 2 is 1.14 bits per heavy atom. The topological polar surface area (TPSA) is 86.3 Å². The van der Waals surface area contributed by atoms with Crippen molar-refractivity contribution in [3.8, 4) is 0 Å². The fourth-order valence-corrected chi connectivity index (χ4v) is 2.14. The van der Waals surface area contributed by atoms with Gasteiger partial charge in [0.1, 0.15) is 0 Å². The second-order valence-electron chi connectivity index (χ2n) is 4.25. The Morgan fingerprint density at radius 1 is 0.773 bits per heavy atom. The maximum atomic E-state index is 11.0. The van der Waals surface area contributed by atoms with E-state index in [1.54, 1.807) is 0 Å². The molecule has 22 heavy (non-hydrogen) atoms. The molecule has 2 aromatic carbocycles. The van der Waals surface area contributed by atoms with Gasteiger partial charge in [-0.25, -0.2) is 0 Å². The van der Waals surface area contributed by atoms with Crippen molar-refractivity contribution in [3.63, 3.8) is 0 Å². The fourth-order valence-electron chi connectivity index (χ4n) is 1.81. The smallest absolute Gasteiger partial charge is 0.258 e. The Labute approximate surface area is 134 Å². The van der Waals surface area contributed by atoms with Gasteiger partial charge in [0.25, 0.3) is 11.4 Å². The second kappa shape index (κ2) is 6.55. The molecule has 0 saturated heterocycles. The molecule has 6 nitrogen and oxygen atoms in total. The first-order valence-corrected chi connectivity index (χ1v) is 6.70. The van der Waals surface area contributed by atoms with E-state index in [4.69, 9.17) is 23.2 Å². The molecule has 0 radical (unpaired) electrons. The normalized spacial score (nSPS) is 10.8. The van der Waals surface area contributed by atoms with E-state index in [2.05, 4.69) is 0 Å². The molecule has 0 aliphatic heterocycles. The van der Waals surface area contributed by atoms with Crippen LogP contribution in [0.3, 0.4) is 0 Å². The Kier molecular flexibility index (Phi) is 4.75. The molecule has 0 unspecified atom stereocenters. The zero-order chi connectivity index (χ0) is 16.3. The fraction of sp³-hybridized carbons (Fsp3) is 0. The first-order chi connectivity index (χ1) is 10.4. The van der Waals surface area contributed by atoms with Crippen LogP contribution in [0.4, 0.5) is 11.4 Å². The van der Waals surface area contributed by atoms with E-state index in [9.17, 15) is 20.2 Å². The van der Waals surface area contributed by atoms with E-state index in [0.29, 0.717) is 11.1 Å². The highest BCUT2D eigenvalue weighted by Crippen LogP contribution is 2.28. The van der Waals surface area contributed by atoms with E-state index >= 15 is 0 Å². The summed E-state index contributed by atoms with van der Waals surface area (Å²) < 4.78 is 0. The summed E-state index contributed by atoms with van der Waals surface area (Å²) in [6.45, 7) is 0. The molecular weight excluding hydrogens is 331 g/mol. The van der Waals surface area contributed by atoms with Gasteiger partial charge < -0.3 is 0 Å². The van der Waals surface area contributed by atoms with Crippen LogP contribution in [-0.4, -0.2) is 9.85 Å². The molecule has 0 aliphatic rings. The predicted molar refractivity (Wildman–Crippen MR) is 85.1 cm³/mol. The number of hydrogen-bond acceptors (Lipinski definition) is 4. The summed E-state index contributed by atoms with van der Waals surface area (Å²) in [5.41, 5.74) is 0.220. The zero-order valence-corrected chi connectivity index (χ0v) is 12.4. The third-order valence-electron chi connectivity index (χ3n) is 2.82. The molecule has 0 spiro atoms. The van der Waals surface area contributed by atoms with Gasteiger partial charge in [0, 0.05) is 22.2 Å². The van der Waals surface area contributed by atoms with Crippen LogP contribution in [0.5, 0.6) is 0 Å². The molecule has 0 fully saturated rings. The minimum absolute atomic E-state index is 0.180.